The minimum atomic E-state index is -0.885. The van der Waals surface area contributed by atoms with Gasteiger partial charge in [-0.3, -0.25) is 0 Å². The highest BCUT2D eigenvalue weighted by molar-refractivity contribution is 5.80. The van der Waals surface area contributed by atoms with E-state index in [1.165, 1.54) is 6.08 Å². The normalized spacial score (nSPS) is 11.7. The summed E-state index contributed by atoms with van der Waals surface area (Å²) in [5, 5.41) is 11.6. The van der Waals surface area contributed by atoms with E-state index in [1.54, 1.807) is 14.0 Å². The molecule has 0 aromatic rings. The van der Waals surface area contributed by atoms with Crippen LogP contribution in [0.4, 0.5) is 0 Å². The highest BCUT2D eigenvalue weighted by Gasteiger charge is 1.93. The average molecular weight is 201 g/mol. The molecule has 4 nitrogen and oxygen atoms in total. The Bertz CT molecular complexity index is 190. The van der Waals surface area contributed by atoms with E-state index in [0.717, 1.165) is 31.6 Å². The fourth-order valence-electron chi connectivity index (χ4n) is 1.04. The summed E-state index contributed by atoms with van der Waals surface area (Å²) in [6, 6.07) is 0. The number of ether oxygens (including phenoxy) is 1. The molecule has 0 fully saturated rings. The molecule has 2 N–H and O–H groups in total. The molecule has 0 aliphatic heterocycles. The second-order valence-electron chi connectivity index (χ2n) is 3.21. The molecule has 14 heavy (non-hydrogen) atoms. The van der Waals surface area contributed by atoms with Gasteiger partial charge in [-0.05, 0) is 26.3 Å². The molecule has 0 atom stereocenters. The van der Waals surface area contributed by atoms with Crippen molar-refractivity contribution in [2.45, 2.75) is 19.8 Å². The molecule has 0 aliphatic carbocycles. The van der Waals surface area contributed by atoms with Crippen LogP contribution in [0.25, 0.3) is 0 Å². The Morgan fingerprint density at radius 3 is 2.79 bits per heavy atom. The van der Waals surface area contributed by atoms with Crippen molar-refractivity contribution in [2.75, 3.05) is 26.8 Å². The minimum absolute atomic E-state index is 0.638. The lowest BCUT2D eigenvalue weighted by atomic mass is 10.2. The molecule has 0 saturated carbocycles. The monoisotopic (exact) mass is 201 g/mol. The zero-order chi connectivity index (χ0) is 10.8. The lowest BCUT2D eigenvalue weighted by Gasteiger charge is -2.03. The topological polar surface area (TPSA) is 58.6 Å². The molecule has 0 aliphatic rings. The predicted octanol–water partition coefficient (Wildman–Crippen LogP) is 1.03. The van der Waals surface area contributed by atoms with Gasteiger partial charge in [-0.2, -0.15) is 0 Å². The van der Waals surface area contributed by atoms with E-state index in [9.17, 15) is 4.79 Å². The van der Waals surface area contributed by atoms with Gasteiger partial charge in [0.05, 0.1) is 0 Å². The van der Waals surface area contributed by atoms with Crippen LogP contribution in [0, 0.1) is 0 Å². The Labute approximate surface area is 85.0 Å². The third-order valence-corrected chi connectivity index (χ3v) is 1.73. The zero-order valence-corrected chi connectivity index (χ0v) is 8.88. The van der Waals surface area contributed by atoms with Crippen LogP contribution in [0.2, 0.25) is 0 Å². The molecule has 0 saturated heterocycles. The van der Waals surface area contributed by atoms with E-state index in [1.807, 2.05) is 0 Å². The molecule has 4 heteroatoms. The van der Waals surface area contributed by atoms with E-state index in [0.29, 0.717) is 6.54 Å². The van der Waals surface area contributed by atoms with E-state index in [4.69, 9.17) is 9.84 Å². The van der Waals surface area contributed by atoms with E-state index in [2.05, 4.69) is 5.32 Å². The number of unbranched alkanes of at least 4 members (excludes halogenated alkanes) is 1. The first-order chi connectivity index (χ1) is 6.66. The van der Waals surface area contributed by atoms with Crippen LogP contribution in [0.5, 0.6) is 0 Å². The fraction of sp³-hybridized carbons (Fsp3) is 0.700. The fourth-order valence-corrected chi connectivity index (χ4v) is 1.04. The highest BCUT2D eigenvalue weighted by atomic mass is 16.5. The van der Waals surface area contributed by atoms with Gasteiger partial charge in [0, 0.05) is 26.3 Å². The summed E-state index contributed by atoms with van der Waals surface area (Å²) in [5.41, 5.74) is 0.837. The largest absolute Gasteiger partial charge is 0.478 e. The summed E-state index contributed by atoms with van der Waals surface area (Å²) < 4.78 is 4.91. The summed E-state index contributed by atoms with van der Waals surface area (Å²) in [6.45, 7) is 4.12. The highest BCUT2D eigenvalue weighted by Crippen LogP contribution is 1.91. The summed E-state index contributed by atoms with van der Waals surface area (Å²) in [6.07, 6.45) is 3.31. The van der Waals surface area contributed by atoms with Gasteiger partial charge in [-0.25, -0.2) is 4.79 Å². The number of carboxylic acids is 1. The van der Waals surface area contributed by atoms with Crippen LogP contribution in [0.3, 0.4) is 0 Å². The van der Waals surface area contributed by atoms with Gasteiger partial charge in [0.25, 0.3) is 0 Å². The van der Waals surface area contributed by atoms with Crippen molar-refractivity contribution in [3.8, 4) is 0 Å². The molecule has 0 aromatic heterocycles. The molecule has 0 aromatic carbocycles. The smallest absolute Gasteiger partial charge is 0.328 e. The number of rotatable bonds is 8. The Kier molecular flexibility index (Phi) is 8.17. The second-order valence-corrected chi connectivity index (χ2v) is 3.21. The number of hydrogen-bond acceptors (Lipinski definition) is 3. The zero-order valence-electron chi connectivity index (χ0n) is 8.88. The van der Waals surface area contributed by atoms with Gasteiger partial charge in [0.2, 0.25) is 0 Å². The molecular weight excluding hydrogens is 182 g/mol. The van der Waals surface area contributed by atoms with Crippen molar-refractivity contribution in [3.63, 3.8) is 0 Å². The Balaban J connectivity index is 3.31. The molecule has 0 spiro atoms. The number of carboxylic acid groups (broad SMARTS) is 1. The molecule has 0 heterocycles. The van der Waals surface area contributed by atoms with Crippen LogP contribution in [-0.4, -0.2) is 37.9 Å². The summed E-state index contributed by atoms with van der Waals surface area (Å²) in [4.78, 5) is 10.3. The maximum absolute atomic E-state index is 10.3. The van der Waals surface area contributed by atoms with Crippen molar-refractivity contribution in [3.05, 3.63) is 11.6 Å². The number of carbonyl (C=O) groups is 1. The molecule has 0 unspecified atom stereocenters. The van der Waals surface area contributed by atoms with Crippen molar-refractivity contribution in [1.29, 1.82) is 0 Å². The third-order valence-electron chi connectivity index (χ3n) is 1.73. The quantitative estimate of drug-likeness (QED) is 0.455. The van der Waals surface area contributed by atoms with E-state index < -0.39 is 5.97 Å². The van der Waals surface area contributed by atoms with Gasteiger partial charge in [0.15, 0.2) is 0 Å². The standard InChI is InChI=1S/C10H19NO3/c1-9(7-10(12)13)8-11-5-3-4-6-14-2/h7,11H,3-6,8H2,1-2H3,(H,12,13). The van der Waals surface area contributed by atoms with E-state index >= 15 is 0 Å². The van der Waals surface area contributed by atoms with Crippen LogP contribution < -0.4 is 5.32 Å². The molecular formula is C10H19NO3. The molecule has 0 rings (SSSR count). The summed E-state index contributed by atoms with van der Waals surface area (Å²) in [5.74, 6) is -0.885. The Morgan fingerprint density at radius 1 is 1.50 bits per heavy atom. The van der Waals surface area contributed by atoms with Crippen LogP contribution >= 0.6 is 0 Å². The predicted molar refractivity (Wildman–Crippen MR) is 55.4 cm³/mol. The number of nitrogens with one attached hydrogen (secondary N) is 1. The first kappa shape index (κ1) is 13.1. The average Bonchev–Trinajstić information content (AvgIpc) is 2.10. The Hall–Kier alpha value is -0.870. The van der Waals surface area contributed by atoms with Crippen molar-refractivity contribution >= 4 is 5.97 Å². The second kappa shape index (κ2) is 8.72. The number of hydrogen-bond donors (Lipinski definition) is 2. The van der Waals surface area contributed by atoms with Crippen molar-refractivity contribution in [2.24, 2.45) is 0 Å². The molecule has 0 radical (unpaired) electrons. The van der Waals surface area contributed by atoms with Gasteiger partial charge in [-0.15, -0.1) is 0 Å². The molecule has 0 bridgehead atoms. The van der Waals surface area contributed by atoms with Gasteiger partial charge in [0.1, 0.15) is 0 Å². The van der Waals surface area contributed by atoms with Crippen molar-refractivity contribution < 1.29 is 14.6 Å². The van der Waals surface area contributed by atoms with Gasteiger partial charge in [-0.1, -0.05) is 5.57 Å². The first-order valence-electron chi connectivity index (χ1n) is 4.76. The lowest BCUT2D eigenvalue weighted by Crippen LogP contribution is -2.18. The van der Waals surface area contributed by atoms with Gasteiger partial charge >= 0.3 is 5.97 Å². The van der Waals surface area contributed by atoms with Crippen LogP contribution in [-0.2, 0) is 9.53 Å². The van der Waals surface area contributed by atoms with Crippen LogP contribution in [0.1, 0.15) is 19.8 Å². The van der Waals surface area contributed by atoms with Crippen LogP contribution in [0.15, 0.2) is 11.6 Å². The summed E-state index contributed by atoms with van der Waals surface area (Å²) in [7, 11) is 1.69. The lowest BCUT2D eigenvalue weighted by molar-refractivity contribution is -0.131. The maximum Gasteiger partial charge on any atom is 0.328 e. The maximum atomic E-state index is 10.3. The molecule has 82 valence electrons. The summed E-state index contributed by atoms with van der Waals surface area (Å²) >= 11 is 0. The van der Waals surface area contributed by atoms with Gasteiger partial charge < -0.3 is 15.2 Å². The Morgan fingerprint density at radius 2 is 2.21 bits per heavy atom. The SMILES string of the molecule is COCCCCNCC(C)=CC(=O)O. The number of methoxy groups -OCH3 is 1. The van der Waals surface area contributed by atoms with E-state index in [-0.39, 0.29) is 0 Å². The first-order valence-corrected chi connectivity index (χ1v) is 4.76. The minimum Gasteiger partial charge on any atom is -0.478 e. The molecule has 0 amide bonds. The number of aliphatic carboxylic acids is 1. The van der Waals surface area contributed by atoms with Crippen molar-refractivity contribution in [1.82, 2.24) is 5.32 Å². The third kappa shape index (κ3) is 9.22.